The zero-order chi connectivity index (χ0) is 15.4. The molecule has 2 aromatic rings. The standard InChI is InChI=1S/C16H17N3OS/c1-4-19-11(2)15(12(3)20)21-16(19)18-14-7-5-13(6-8-14)9-10-17/h5-8H,4,9H2,1-3H3. The molecule has 0 saturated carbocycles. The first-order valence-corrected chi connectivity index (χ1v) is 7.60. The summed E-state index contributed by atoms with van der Waals surface area (Å²) in [4.78, 5) is 17.9. The molecule has 1 heterocycles. The summed E-state index contributed by atoms with van der Waals surface area (Å²) in [5.74, 6) is 0.0746. The quantitative estimate of drug-likeness (QED) is 0.813. The van der Waals surface area contributed by atoms with Gasteiger partial charge in [0.1, 0.15) is 0 Å². The molecular weight excluding hydrogens is 282 g/mol. The van der Waals surface area contributed by atoms with Crippen molar-refractivity contribution >= 4 is 22.8 Å². The van der Waals surface area contributed by atoms with E-state index in [2.05, 4.69) is 11.1 Å². The number of nitrogens with zero attached hydrogens (tertiary/aromatic N) is 3. The zero-order valence-electron chi connectivity index (χ0n) is 12.4. The summed E-state index contributed by atoms with van der Waals surface area (Å²) < 4.78 is 2.05. The number of benzene rings is 1. The molecule has 5 heteroatoms. The van der Waals surface area contributed by atoms with Gasteiger partial charge in [-0.1, -0.05) is 23.5 Å². The van der Waals surface area contributed by atoms with E-state index in [1.54, 1.807) is 6.92 Å². The van der Waals surface area contributed by atoms with Gasteiger partial charge in [0.25, 0.3) is 0 Å². The first-order chi connectivity index (χ1) is 10.1. The van der Waals surface area contributed by atoms with Crippen molar-refractivity contribution in [1.29, 1.82) is 5.26 Å². The first kappa shape index (κ1) is 15.2. The third kappa shape index (κ3) is 3.29. The van der Waals surface area contributed by atoms with E-state index < -0.39 is 0 Å². The molecule has 4 nitrogen and oxygen atoms in total. The van der Waals surface area contributed by atoms with E-state index in [0.29, 0.717) is 6.42 Å². The minimum absolute atomic E-state index is 0.0746. The topological polar surface area (TPSA) is 58.1 Å². The fourth-order valence-corrected chi connectivity index (χ4v) is 3.27. The fourth-order valence-electron chi connectivity index (χ4n) is 2.16. The average Bonchev–Trinajstić information content (AvgIpc) is 2.77. The van der Waals surface area contributed by atoms with Gasteiger partial charge in [-0.25, -0.2) is 4.99 Å². The lowest BCUT2D eigenvalue weighted by Crippen LogP contribution is -2.14. The van der Waals surface area contributed by atoms with Crippen LogP contribution in [-0.4, -0.2) is 10.4 Å². The molecular formula is C16H17N3OS. The van der Waals surface area contributed by atoms with Gasteiger partial charge in [0, 0.05) is 19.2 Å². The van der Waals surface area contributed by atoms with Gasteiger partial charge in [-0.05, 0) is 31.5 Å². The highest BCUT2D eigenvalue weighted by atomic mass is 32.1. The molecule has 108 valence electrons. The van der Waals surface area contributed by atoms with Gasteiger partial charge in [0.2, 0.25) is 0 Å². The lowest BCUT2D eigenvalue weighted by Gasteiger charge is -2.01. The van der Waals surface area contributed by atoms with Crippen LogP contribution < -0.4 is 4.80 Å². The number of carbonyl (C=O) groups is 1. The summed E-state index contributed by atoms with van der Waals surface area (Å²) in [7, 11) is 0. The number of aromatic nitrogens is 1. The second kappa shape index (κ2) is 6.51. The van der Waals surface area contributed by atoms with Crippen LogP contribution in [0.15, 0.2) is 29.3 Å². The van der Waals surface area contributed by atoms with Crippen molar-refractivity contribution in [3.05, 3.63) is 45.2 Å². The van der Waals surface area contributed by atoms with Crippen LogP contribution in [0.5, 0.6) is 0 Å². The van der Waals surface area contributed by atoms with Gasteiger partial charge < -0.3 is 4.57 Å². The predicted octanol–water partition coefficient (Wildman–Crippen LogP) is 3.38. The molecule has 0 radical (unpaired) electrons. The molecule has 0 unspecified atom stereocenters. The highest BCUT2D eigenvalue weighted by Gasteiger charge is 2.12. The van der Waals surface area contributed by atoms with Crippen molar-refractivity contribution in [2.75, 3.05) is 0 Å². The third-order valence-electron chi connectivity index (χ3n) is 3.24. The second-order valence-corrected chi connectivity index (χ2v) is 5.69. The Morgan fingerprint density at radius 2 is 2.05 bits per heavy atom. The van der Waals surface area contributed by atoms with Crippen LogP contribution in [0, 0.1) is 18.3 Å². The average molecular weight is 299 g/mol. The molecule has 2 rings (SSSR count). The van der Waals surface area contributed by atoms with Crippen molar-refractivity contribution < 1.29 is 4.79 Å². The first-order valence-electron chi connectivity index (χ1n) is 6.78. The molecule has 0 aliphatic carbocycles. The van der Waals surface area contributed by atoms with E-state index in [9.17, 15) is 4.79 Å². The maximum atomic E-state index is 11.6. The van der Waals surface area contributed by atoms with Gasteiger partial charge in [-0.3, -0.25) is 4.79 Å². The molecule has 0 aliphatic rings. The van der Waals surface area contributed by atoms with Crippen molar-refractivity contribution in [3.63, 3.8) is 0 Å². The summed E-state index contributed by atoms with van der Waals surface area (Å²) >= 11 is 1.42. The molecule has 0 amide bonds. The van der Waals surface area contributed by atoms with Crippen LogP contribution >= 0.6 is 11.3 Å². The minimum Gasteiger partial charge on any atom is -0.321 e. The van der Waals surface area contributed by atoms with Gasteiger partial charge in [0.05, 0.1) is 23.1 Å². The number of nitriles is 1. The van der Waals surface area contributed by atoms with Crippen LogP contribution in [0.25, 0.3) is 0 Å². The van der Waals surface area contributed by atoms with E-state index in [-0.39, 0.29) is 5.78 Å². The number of carbonyl (C=O) groups excluding carboxylic acids is 1. The van der Waals surface area contributed by atoms with E-state index in [1.807, 2.05) is 42.7 Å². The Balaban J connectivity index is 2.47. The SMILES string of the molecule is CCn1c(C)c(C(C)=O)sc1=Nc1ccc(CC#N)cc1. The summed E-state index contributed by atoms with van der Waals surface area (Å²) in [6, 6.07) is 9.74. The monoisotopic (exact) mass is 299 g/mol. The predicted molar refractivity (Wildman–Crippen MR) is 83.7 cm³/mol. The molecule has 0 bridgehead atoms. The summed E-state index contributed by atoms with van der Waals surface area (Å²) in [6.07, 6.45) is 0.405. The van der Waals surface area contributed by atoms with E-state index in [4.69, 9.17) is 5.26 Å². The largest absolute Gasteiger partial charge is 0.321 e. The molecule has 21 heavy (non-hydrogen) atoms. The van der Waals surface area contributed by atoms with Crippen LogP contribution in [0.3, 0.4) is 0 Å². The number of hydrogen-bond donors (Lipinski definition) is 0. The zero-order valence-corrected chi connectivity index (χ0v) is 13.2. The van der Waals surface area contributed by atoms with Crippen molar-refractivity contribution in [2.45, 2.75) is 33.7 Å². The van der Waals surface area contributed by atoms with Crippen molar-refractivity contribution in [1.82, 2.24) is 4.57 Å². The van der Waals surface area contributed by atoms with Crippen LogP contribution in [0.4, 0.5) is 5.69 Å². The van der Waals surface area contributed by atoms with Crippen molar-refractivity contribution in [3.8, 4) is 6.07 Å². The highest BCUT2D eigenvalue weighted by molar-refractivity contribution is 7.11. The molecule has 0 atom stereocenters. The van der Waals surface area contributed by atoms with Gasteiger partial charge in [-0.15, -0.1) is 0 Å². The maximum absolute atomic E-state index is 11.6. The van der Waals surface area contributed by atoms with E-state index >= 15 is 0 Å². The Labute approximate surface area is 128 Å². The number of Topliss-reactive ketones (excluding diaryl/α,β-unsaturated/α-hetero) is 1. The lowest BCUT2D eigenvalue weighted by molar-refractivity contribution is 0.102. The van der Waals surface area contributed by atoms with E-state index in [1.165, 1.54) is 11.3 Å². The number of hydrogen-bond acceptors (Lipinski definition) is 4. The Bertz CT molecular complexity index is 760. The summed E-state index contributed by atoms with van der Waals surface area (Å²) in [6.45, 7) is 6.35. The lowest BCUT2D eigenvalue weighted by atomic mass is 10.1. The van der Waals surface area contributed by atoms with Crippen LogP contribution in [-0.2, 0) is 13.0 Å². The Morgan fingerprint density at radius 3 is 2.57 bits per heavy atom. The second-order valence-electron chi connectivity index (χ2n) is 4.71. The maximum Gasteiger partial charge on any atom is 0.190 e. The summed E-state index contributed by atoms with van der Waals surface area (Å²) in [5.41, 5.74) is 2.77. The molecule has 0 saturated heterocycles. The molecule has 0 spiro atoms. The molecule has 0 N–H and O–H groups in total. The number of rotatable bonds is 4. The molecule has 1 aromatic heterocycles. The Hall–Kier alpha value is -2.19. The van der Waals surface area contributed by atoms with Gasteiger partial charge in [0.15, 0.2) is 10.6 Å². The highest BCUT2D eigenvalue weighted by Crippen LogP contribution is 2.16. The Kier molecular flexibility index (Phi) is 4.71. The third-order valence-corrected chi connectivity index (χ3v) is 4.52. The number of ketones is 1. The van der Waals surface area contributed by atoms with Gasteiger partial charge >= 0.3 is 0 Å². The van der Waals surface area contributed by atoms with Gasteiger partial charge in [-0.2, -0.15) is 5.26 Å². The van der Waals surface area contributed by atoms with E-state index in [0.717, 1.165) is 33.2 Å². The molecule has 0 aliphatic heterocycles. The van der Waals surface area contributed by atoms with Crippen LogP contribution in [0.2, 0.25) is 0 Å². The summed E-state index contributed by atoms with van der Waals surface area (Å²) in [5, 5.41) is 8.67. The number of thiazole rings is 1. The minimum atomic E-state index is 0.0746. The molecule has 0 fully saturated rings. The smallest absolute Gasteiger partial charge is 0.190 e. The Morgan fingerprint density at radius 1 is 1.38 bits per heavy atom. The van der Waals surface area contributed by atoms with Crippen LogP contribution in [0.1, 0.15) is 34.8 Å². The van der Waals surface area contributed by atoms with Crippen molar-refractivity contribution in [2.24, 2.45) is 4.99 Å². The normalized spacial score (nSPS) is 11.4. The fraction of sp³-hybridized carbons (Fsp3) is 0.312. The molecule has 1 aromatic carbocycles.